The van der Waals surface area contributed by atoms with E-state index in [0.717, 1.165) is 32.1 Å². The standard InChI is InChI=1S/C14H18ClFN2O/c15-9-6-10(16)8-11(7-9)18-14(19)12-4-2-1-3-5-13(12)17/h6-8,12-13H,1-5,17H2,(H,18,19). The molecule has 1 saturated carbocycles. The number of nitrogens with two attached hydrogens (primary N) is 1. The Hall–Kier alpha value is -1.13. The van der Waals surface area contributed by atoms with Crippen LogP contribution in [0.15, 0.2) is 18.2 Å². The summed E-state index contributed by atoms with van der Waals surface area (Å²) in [6.07, 6.45) is 4.84. The molecular weight excluding hydrogens is 267 g/mol. The van der Waals surface area contributed by atoms with Crippen LogP contribution in [0.5, 0.6) is 0 Å². The second-order valence-electron chi connectivity index (χ2n) is 5.06. The predicted octanol–water partition coefficient (Wildman–Crippen LogP) is 3.33. The molecule has 1 amide bonds. The van der Waals surface area contributed by atoms with Crippen LogP contribution in [0, 0.1) is 11.7 Å². The van der Waals surface area contributed by atoms with E-state index in [9.17, 15) is 9.18 Å². The first-order valence-corrected chi connectivity index (χ1v) is 6.96. The van der Waals surface area contributed by atoms with Gasteiger partial charge in [-0.25, -0.2) is 4.39 Å². The summed E-state index contributed by atoms with van der Waals surface area (Å²) < 4.78 is 13.2. The molecule has 19 heavy (non-hydrogen) atoms. The predicted molar refractivity (Wildman–Crippen MR) is 74.6 cm³/mol. The van der Waals surface area contributed by atoms with Gasteiger partial charge in [0.15, 0.2) is 0 Å². The van der Waals surface area contributed by atoms with Gasteiger partial charge in [-0.05, 0) is 31.0 Å². The van der Waals surface area contributed by atoms with Crippen LogP contribution < -0.4 is 11.1 Å². The van der Waals surface area contributed by atoms with Crippen molar-refractivity contribution in [3.8, 4) is 0 Å². The fraction of sp³-hybridized carbons (Fsp3) is 0.500. The number of halogens is 2. The molecule has 3 N–H and O–H groups in total. The summed E-state index contributed by atoms with van der Waals surface area (Å²) in [6.45, 7) is 0. The molecule has 0 saturated heterocycles. The van der Waals surface area contributed by atoms with Crippen molar-refractivity contribution in [3.05, 3.63) is 29.0 Å². The molecule has 1 aromatic carbocycles. The molecule has 0 bridgehead atoms. The van der Waals surface area contributed by atoms with E-state index in [-0.39, 0.29) is 22.9 Å². The van der Waals surface area contributed by atoms with Crippen LogP contribution >= 0.6 is 11.6 Å². The van der Waals surface area contributed by atoms with Crippen molar-refractivity contribution >= 4 is 23.2 Å². The normalized spacial score (nSPS) is 23.7. The minimum Gasteiger partial charge on any atom is -0.327 e. The van der Waals surface area contributed by atoms with E-state index in [1.807, 2.05) is 0 Å². The third-order valence-corrected chi connectivity index (χ3v) is 3.75. The number of rotatable bonds is 2. The maximum atomic E-state index is 13.2. The Morgan fingerprint density at radius 3 is 2.74 bits per heavy atom. The van der Waals surface area contributed by atoms with Gasteiger partial charge in [-0.1, -0.05) is 30.9 Å². The molecule has 104 valence electrons. The summed E-state index contributed by atoms with van der Waals surface area (Å²) in [5, 5.41) is 2.97. The van der Waals surface area contributed by atoms with Crippen LogP contribution in [0.25, 0.3) is 0 Å². The molecule has 1 aromatic rings. The second-order valence-corrected chi connectivity index (χ2v) is 5.49. The number of carbonyl (C=O) groups excluding carboxylic acids is 1. The van der Waals surface area contributed by atoms with Crippen molar-refractivity contribution in [1.82, 2.24) is 0 Å². The third-order valence-electron chi connectivity index (χ3n) is 3.54. The monoisotopic (exact) mass is 284 g/mol. The average molecular weight is 285 g/mol. The minimum absolute atomic E-state index is 0.119. The maximum absolute atomic E-state index is 13.2. The lowest BCUT2D eigenvalue weighted by Crippen LogP contribution is -2.37. The molecule has 1 fully saturated rings. The zero-order valence-corrected chi connectivity index (χ0v) is 11.4. The number of hydrogen-bond acceptors (Lipinski definition) is 2. The van der Waals surface area contributed by atoms with E-state index in [0.29, 0.717) is 5.69 Å². The zero-order valence-electron chi connectivity index (χ0n) is 10.7. The summed E-state index contributed by atoms with van der Waals surface area (Å²) in [5.41, 5.74) is 6.41. The first kappa shape index (κ1) is 14.3. The Morgan fingerprint density at radius 2 is 2.00 bits per heavy atom. The SMILES string of the molecule is NC1CCCCCC1C(=O)Nc1cc(F)cc(Cl)c1. The number of amides is 1. The highest BCUT2D eigenvalue weighted by Crippen LogP contribution is 2.24. The van der Waals surface area contributed by atoms with Crippen LogP contribution in [-0.2, 0) is 4.79 Å². The fourth-order valence-corrected chi connectivity index (χ4v) is 2.74. The summed E-state index contributed by atoms with van der Waals surface area (Å²) in [6, 6.07) is 3.87. The Morgan fingerprint density at radius 1 is 1.26 bits per heavy atom. The van der Waals surface area contributed by atoms with Crippen LogP contribution in [-0.4, -0.2) is 11.9 Å². The number of benzene rings is 1. The molecule has 2 rings (SSSR count). The smallest absolute Gasteiger partial charge is 0.229 e. The average Bonchev–Trinajstić information content (AvgIpc) is 2.52. The van der Waals surface area contributed by atoms with Crippen LogP contribution in [0.4, 0.5) is 10.1 Å². The molecule has 0 heterocycles. The lowest BCUT2D eigenvalue weighted by Gasteiger charge is -2.20. The van der Waals surface area contributed by atoms with E-state index in [2.05, 4.69) is 5.32 Å². The molecule has 2 unspecified atom stereocenters. The highest BCUT2D eigenvalue weighted by Gasteiger charge is 2.27. The molecule has 0 spiro atoms. The molecule has 3 nitrogen and oxygen atoms in total. The molecular formula is C14H18ClFN2O. The van der Waals surface area contributed by atoms with Gasteiger partial charge in [-0.3, -0.25) is 4.79 Å². The van der Waals surface area contributed by atoms with Gasteiger partial charge in [0.1, 0.15) is 5.82 Å². The first-order valence-electron chi connectivity index (χ1n) is 6.59. The zero-order chi connectivity index (χ0) is 13.8. The lowest BCUT2D eigenvalue weighted by molar-refractivity contribution is -0.120. The van der Waals surface area contributed by atoms with Crippen molar-refractivity contribution in [2.24, 2.45) is 11.7 Å². The van der Waals surface area contributed by atoms with Gasteiger partial charge in [0, 0.05) is 16.8 Å². The van der Waals surface area contributed by atoms with Crippen LogP contribution in [0.2, 0.25) is 5.02 Å². The van der Waals surface area contributed by atoms with Gasteiger partial charge < -0.3 is 11.1 Å². The molecule has 1 aliphatic rings. The van der Waals surface area contributed by atoms with Gasteiger partial charge in [0.25, 0.3) is 0 Å². The molecule has 2 atom stereocenters. The van der Waals surface area contributed by atoms with Gasteiger partial charge in [0.2, 0.25) is 5.91 Å². The summed E-state index contributed by atoms with van der Waals surface area (Å²) >= 11 is 5.76. The van der Waals surface area contributed by atoms with E-state index in [1.165, 1.54) is 18.2 Å². The first-order chi connectivity index (χ1) is 9.06. The lowest BCUT2D eigenvalue weighted by atomic mass is 9.94. The van der Waals surface area contributed by atoms with Gasteiger partial charge in [-0.15, -0.1) is 0 Å². The van der Waals surface area contributed by atoms with Gasteiger partial charge in [-0.2, -0.15) is 0 Å². The van der Waals surface area contributed by atoms with E-state index >= 15 is 0 Å². The van der Waals surface area contributed by atoms with Crippen LogP contribution in [0.1, 0.15) is 32.1 Å². The van der Waals surface area contributed by atoms with Gasteiger partial charge in [0.05, 0.1) is 5.92 Å². The van der Waals surface area contributed by atoms with E-state index < -0.39 is 5.82 Å². The van der Waals surface area contributed by atoms with Gasteiger partial charge >= 0.3 is 0 Å². The molecule has 0 radical (unpaired) electrons. The topological polar surface area (TPSA) is 55.1 Å². The number of hydrogen-bond donors (Lipinski definition) is 2. The molecule has 0 aromatic heterocycles. The van der Waals surface area contributed by atoms with Crippen molar-refractivity contribution in [3.63, 3.8) is 0 Å². The Labute approximate surface area is 117 Å². The van der Waals surface area contributed by atoms with E-state index in [4.69, 9.17) is 17.3 Å². The fourth-order valence-electron chi connectivity index (χ4n) is 2.52. The summed E-state index contributed by atoms with van der Waals surface area (Å²) in [5.74, 6) is -0.812. The summed E-state index contributed by atoms with van der Waals surface area (Å²) in [4.78, 5) is 12.2. The van der Waals surface area contributed by atoms with E-state index in [1.54, 1.807) is 0 Å². The quantitative estimate of drug-likeness (QED) is 0.819. The highest BCUT2D eigenvalue weighted by molar-refractivity contribution is 6.30. The third kappa shape index (κ3) is 3.91. The Kier molecular flexibility index (Phi) is 4.77. The van der Waals surface area contributed by atoms with Crippen LogP contribution in [0.3, 0.4) is 0 Å². The second kappa shape index (κ2) is 6.35. The molecule has 5 heteroatoms. The minimum atomic E-state index is -0.465. The van der Waals surface area contributed by atoms with Crippen molar-refractivity contribution in [2.75, 3.05) is 5.32 Å². The Balaban J connectivity index is 2.06. The largest absolute Gasteiger partial charge is 0.327 e. The van der Waals surface area contributed by atoms with Crippen molar-refractivity contribution < 1.29 is 9.18 Å². The Bertz CT molecular complexity index is 447. The maximum Gasteiger partial charge on any atom is 0.229 e. The summed E-state index contributed by atoms with van der Waals surface area (Å²) in [7, 11) is 0. The van der Waals surface area contributed by atoms with Crippen molar-refractivity contribution in [2.45, 2.75) is 38.1 Å². The molecule has 0 aliphatic heterocycles. The number of nitrogens with one attached hydrogen (secondary N) is 1. The number of carbonyl (C=O) groups is 1. The number of anilines is 1. The molecule has 1 aliphatic carbocycles. The van der Waals surface area contributed by atoms with Crippen molar-refractivity contribution in [1.29, 1.82) is 0 Å². The highest BCUT2D eigenvalue weighted by atomic mass is 35.5.